The summed E-state index contributed by atoms with van der Waals surface area (Å²) >= 11 is 0. The van der Waals surface area contributed by atoms with Gasteiger partial charge < -0.3 is 0 Å². The summed E-state index contributed by atoms with van der Waals surface area (Å²) in [6, 6.07) is 0. The maximum Gasteiger partial charge on any atom is 0.254 e. The van der Waals surface area contributed by atoms with Gasteiger partial charge in [-0.05, 0) is 20.3 Å². The van der Waals surface area contributed by atoms with Gasteiger partial charge in [0.25, 0.3) is 11.8 Å². The number of amides is 2. The van der Waals surface area contributed by atoms with Gasteiger partial charge in [-0.1, -0.05) is 26.0 Å². The zero-order valence-corrected chi connectivity index (χ0v) is 12.2. The number of carbonyl (C=O) groups excluding carboxylic acids is 2. The molecule has 0 bridgehead atoms. The molecule has 0 saturated heterocycles. The maximum absolute atomic E-state index is 11.6. The van der Waals surface area contributed by atoms with Crippen LogP contribution in [0.4, 0.5) is 0 Å². The first-order valence-corrected chi connectivity index (χ1v) is 5.56. The zero-order valence-electron chi connectivity index (χ0n) is 11.2. The molecule has 0 saturated carbocycles. The van der Waals surface area contributed by atoms with Gasteiger partial charge in [-0.3, -0.25) is 14.5 Å². The van der Waals surface area contributed by atoms with Gasteiger partial charge >= 0.3 is 0 Å². The van der Waals surface area contributed by atoms with Crippen molar-refractivity contribution >= 4 is 32.6 Å². The highest BCUT2D eigenvalue weighted by Crippen LogP contribution is 2.37. The lowest BCUT2D eigenvalue weighted by atomic mass is 9.52. The lowest BCUT2D eigenvalue weighted by molar-refractivity contribution is -0.143. The molecule has 0 aromatic rings. The van der Waals surface area contributed by atoms with E-state index in [1.165, 1.54) is 17.1 Å². The van der Waals surface area contributed by atoms with Crippen LogP contribution >= 0.6 is 13.5 Å². The minimum atomic E-state index is -0.451. The summed E-state index contributed by atoms with van der Waals surface area (Å²) in [5.41, 5.74) is -0.451. The second kappa shape index (κ2) is 5.30. The molecule has 1 aliphatic rings. The highest BCUT2D eigenvalue weighted by Gasteiger charge is 2.40. The number of carbonyl (C=O) groups is 2. The van der Waals surface area contributed by atoms with Gasteiger partial charge in [0.2, 0.25) is 0 Å². The fourth-order valence-corrected chi connectivity index (χ4v) is 2.29. The predicted molar refractivity (Wildman–Crippen MR) is 75.7 cm³/mol. The Kier molecular flexibility index (Phi) is 5.08. The summed E-state index contributed by atoms with van der Waals surface area (Å²) in [4.78, 5) is 24.6. The number of hydrogen-bond donors (Lipinski definition) is 0. The first-order valence-electron chi connectivity index (χ1n) is 5.56. The van der Waals surface area contributed by atoms with Gasteiger partial charge in [0.1, 0.15) is 7.28 Å². The van der Waals surface area contributed by atoms with E-state index in [0.717, 1.165) is 6.42 Å². The van der Waals surface area contributed by atoms with E-state index in [9.17, 15) is 9.59 Å². The van der Waals surface area contributed by atoms with Crippen molar-refractivity contribution in [3.8, 4) is 0 Å². The van der Waals surface area contributed by atoms with Crippen molar-refractivity contribution in [2.75, 3.05) is 0 Å². The monoisotopic (exact) mass is 254 g/mol. The largest absolute Gasteiger partial charge is 0.270 e. The molecule has 3 nitrogen and oxygen atoms in total. The Morgan fingerprint density at radius 1 is 1.12 bits per heavy atom. The van der Waals surface area contributed by atoms with Crippen LogP contribution in [-0.4, -0.2) is 29.5 Å². The Labute approximate surface area is 111 Å². The third kappa shape index (κ3) is 3.63. The molecule has 0 spiro atoms. The molecule has 0 aliphatic carbocycles. The minimum Gasteiger partial charge on any atom is -0.270 e. The number of imide groups is 1. The third-order valence-corrected chi connectivity index (χ3v) is 3.08. The van der Waals surface area contributed by atoms with Crippen molar-refractivity contribution in [3.63, 3.8) is 0 Å². The van der Waals surface area contributed by atoms with Crippen molar-refractivity contribution in [2.24, 2.45) is 0 Å². The Balaban J connectivity index is 0.00000256. The maximum atomic E-state index is 11.6. The molecular weight excluding hydrogens is 233 g/mol. The van der Waals surface area contributed by atoms with Crippen LogP contribution in [0.25, 0.3) is 0 Å². The average Bonchev–Trinajstić information content (AvgIpc) is 2.44. The summed E-state index contributed by atoms with van der Waals surface area (Å²) in [6.45, 7) is 10.1. The summed E-state index contributed by atoms with van der Waals surface area (Å²) in [5.74, 6) is -0.413. The van der Waals surface area contributed by atoms with Gasteiger partial charge in [0, 0.05) is 17.7 Å². The predicted octanol–water partition coefficient (Wildman–Crippen LogP) is 2.14. The first kappa shape index (κ1) is 16.3. The molecule has 1 rings (SSSR count). The molecule has 0 N–H and O–H groups in total. The van der Waals surface area contributed by atoms with E-state index in [2.05, 4.69) is 21.1 Å². The van der Waals surface area contributed by atoms with Crippen LogP contribution < -0.4 is 0 Å². The summed E-state index contributed by atoms with van der Waals surface area (Å²) in [7, 11) is 2.10. The fraction of sp³-hybridized carbons (Fsp3) is 0.667. The SMILES string of the molecule is C[B]C(C)(C)CC(C)(C)N1C(=O)C=CC1=O.S. The van der Waals surface area contributed by atoms with Crippen molar-refractivity contribution in [1.29, 1.82) is 0 Å². The molecule has 1 heterocycles. The van der Waals surface area contributed by atoms with E-state index < -0.39 is 5.54 Å². The minimum absolute atomic E-state index is 0. The van der Waals surface area contributed by atoms with Gasteiger partial charge in [0.05, 0.1) is 0 Å². The van der Waals surface area contributed by atoms with E-state index in [1.54, 1.807) is 0 Å². The van der Waals surface area contributed by atoms with E-state index in [4.69, 9.17) is 0 Å². The van der Waals surface area contributed by atoms with Gasteiger partial charge in [0.15, 0.2) is 0 Å². The lowest BCUT2D eigenvalue weighted by Gasteiger charge is -2.39. The number of rotatable bonds is 4. The molecule has 0 aromatic carbocycles. The van der Waals surface area contributed by atoms with Gasteiger partial charge in [-0.2, -0.15) is 13.5 Å². The highest BCUT2D eigenvalue weighted by molar-refractivity contribution is 7.59. The smallest absolute Gasteiger partial charge is 0.254 e. The molecule has 0 aromatic heterocycles. The quantitative estimate of drug-likeness (QED) is 0.569. The molecule has 95 valence electrons. The Morgan fingerprint density at radius 3 is 1.88 bits per heavy atom. The standard InChI is InChI=1S/C12H19BNO2.H2S/c1-11(2,13-5)8-12(3,4)14-9(15)6-7-10(14)16;/h6-7H,8H2,1-5H3;1H2. The van der Waals surface area contributed by atoms with Gasteiger partial charge in [-0.15, -0.1) is 0 Å². The third-order valence-electron chi connectivity index (χ3n) is 3.08. The molecule has 5 heteroatoms. The topological polar surface area (TPSA) is 37.4 Å². The number of nitrogens with zero attached hydrogens (tertiary/aromatic N) is 1. The summed E-state index contributed by atoms with van der Waals surface area (Å²) < 4.78 is 0. The first-order chi connectivity index (χ1) is 7.19. The molecule has 1 aliphatic heterocycles. The molecule has 2 amide bonds. The Bertz CT molecular complexity index is 332. The van der Waals surface area contributed by atoms with E-state index >= 15 is 0 Å². The van der Waals surface area contributed by atoms with Crippen molar-refractivity contribution < 1.29 is 9.59 Å². The second-order valence-electron chi connectivity index (χ2n) is 5.61. The molecule has 0 atom stereocenters. The van der Waals surface area contributed by atoms with Crippen LogP contribution in [0.5, 0.6) is 0 Å². The Morgan fingerprint density at radius 2 is 1.53 bits per heavy atom. The molecular formula is C12H21BNO2S. The van der Waals surface area contributed by atoms with Gasteiger partial charge in [-0.25, -0.2) is 0 Å². The van der Waals surface area contributed by atoms with Crippen LogP contribution in [-0.2, 0) is 9.59 Å². The molecule has 17 heavy (non-hydrogen) atoms. The fourth-order valence-electron chi connectivity index (χ4n) is 2.29. The molecule has 1 radical (unpaired) electrons. The zero-order chi connectivity index (χ0) is 12.6. The van der Waals surface area contributed by atoms with E-state index in [0.29, 0.717) is 0 Å². The van der Waals surface area contributed by atoms with Crippen LogP contribution in [0.1, 0.15) is 34.1 Å². The van der Waals surface area contributed by atoms with Crippen molar-refractivity contribution in [1.82, 2.24) is 4.90 Å². The van der Waals surface area contributed by atoms with E-state index in [1.807, 2.05) is 20.7 Å². The summed E-state index contributed by atoms with van der Waals surface area (Å²) in [5, 5.41) is 0.00660. The van der Waals surface area contributed by atoms with Crippen molar-refractivity contribution in [2.45, 2.75) is 51.8 Å². The molecule has 0 fully saturated rings. The van der Waals surface area contributed by atoms with Crippen LogP contribution in [0.3, 0.4) is 0 Å². The Hall–Kier alpha value is -0.705. The molecule has 0 unspecified atom stereocenters. The van der Waals surface area contributed by atoms with Crippen molar-refractivity contribution in [3.05, 3.63) is 12.2 Å². The summed E-state index contributed by atoms with van der Waals surface area (Å²) in [6.07, 6.45) is 3.44. The van der Waals surface area contributed by atoms with E-state index in [-0.39, 0.29) is 30.6 Å². The number of hydrogen-bond acceptors (Lipinski definition) is 2. The normalized spacial score (nSPS) is 16.2. The second-order valence-corrected chi connectivity index (χ2v) is 5.61. The van der Waals surface area contributed by atoms with Crippen LogP contribution in [0.2, 0.25) is 12.1 Å². The average molecular weight is 254 g/mol. The lowest BCUT2D eigenvalue weighted by Crippen LogP contribution is -2.49. The van der Waals surface area contributed by atoms with Crippen LogP contribution in [0.15, 0.2) is 12.2 Å². The van der Waals surface area contributed by atoms with Crippen LogP contribution in [0, 0.1) is 0 Å². The highest BCUT2D eigenvalue weighted by atomic mass is 32.1.